The van der Waals surface area contributed by atoms with Gasteiger partial charge in [0, 0.05) is 32.1 Å². The molecule has 29 heavy (non-hydrogen) atoms. The van der Waals surface area contributed by atoms with E-state index < -0.39 is 6.10 Å². The van der Waals surface area contributed by atoms with Crippen LogP contribution < -0.4 is 10.1 Å². The van der Waals surface area contributed by atoms with Gasteiger partial charge in [0.1, 0.15) is 12.4 Å². The van der Waals surface area contributed by atoms with Gasteiger partial charge in [-0.2, -0.15) is 0 Å². The van der Waals surface area contributed by atoms with Crippen molar-refractivity contribution in [3.8, 4) is 5.75 Å². The molecule has 2 aliphatic rings. The van der Waals surface area contributed by atoms with E-state index in [1.807, 2.05) is 30.3 Å². The third kappa shape index (κ3) is 4.98. The summed E-state index contributed by atoms with van der Waals surface area (Å²) in [7, 11) is 0. The molecule has 2 aromatic carbocycles. The second kappa shape index (κ2) is 8.97. The van der Waals surface area contributed by atoms with Gasteiger partial charge in [0.2, 0.25) is 5.91 Å². The lowest BCUT2D eigenvalue weighted by molar-refractivity contribution is -0.121. The SMILES string of the molecule is CC(=O)N[C@@H]1C[C@@H]2CN(Cc3ccccc3OCc3ccccc3)C[C@@H]2C[C@H]1O. The topological polar surface area (TPSA) is 61.8 Å². The first-order chi connectivity index (χ1) is 14.1. The molecule has 4 rings (SSSR count). The third-order valence-electron chi connectivity index (χ3n) is 6.21. The van der Waals surface area contributed by atoms with Crippen LogP contribution in [0.1, 0.15) is 30.9 Å². The highest BCUT2D eigenvalue weighted by molar-refractivity contribution is 5.73. The molecule has 4 atom stereocenters. The van der Waals surface area contributed by atoms with E-state index in [1.165, 1.54) is 12.5 Å². The molecule has 1 heterocycles. The van der Waals surface area contributed by atoms with Gasteiger partial charge in [-0.05, 0) is 36.3 Å². The molecule has 154 valence electrons. The van der Waals surface area contributed by atoms with E-state index in [9.17, 15) is 9.90 Å². The van der Waals surface area contributed by atoms with Crippen LogP contribution in [0.2, 0.25) is 0 Å². The van der Waals surface area contributed by atoms with E-state index >= 15 is 0 Å². The average molecular weight is 395 g/mol. The van der Waals surface area contributed by atoms with Crippen LogP contribution in [0.5, 0.6) is 5.75 Å². The maximum Gasteiger partial charge on any atom is 0.217 e. The molecule has 0 aromatic heterocycles. The Labute approximate surface area is 172 Å². The zero-order chi connectivity index (χ0) is 20.2. The standard InChI is InChI=1S/C24H30N2O3/c1-17(27)25-22-11-20-14-26(15-21(20)12-23(22)28)13-19-9-5-6-10-24(19)29-16-18-7-3-2-4-8-18/h2-10,20-23,28H,11-16H2,1H3,(H,25,27)/t20-,21+,22-,23-/m1/s1. The molecule has 0 radical (unpaired) electrons. The van der Waals surface area contributed by atoms with Crippen LogP contribution in [0.3, 0.4) is 0 Å². The molecule has 0 unspecified atom stereocenters. The van der Waals surface area contributed by atoms with Crippen LogP contribution in [-0.2, 0) is 17.9 Å². The molecule has 1 saturated heterocycles. The van der Waals surface area contributed by atoms with Gasteiger partial charge in [-0.15, -0.1) is 0 Å². The van der Waals surface area contributed by atoms with Crippen LogP contribution in [0.15, 0.2) is 54.6 Å². The maximum atomic E-state index is 11.4. The Morgan fingerprint density at radius 1 is 1.07 bits per heavy atom. The number of aliphatic hydroxyl groups is 1. The van der Waals surface area contributed by atoms with E-state index in [1.54, 1.807) is 0 Å². The van der Waals surface area contributed by atoms with Crippen LogP contribution >= 0.6 is 0 Å². The Morgan fingerprint density at radius 2 is 1.76 bits per heavy atom. The number of rotatable bonds is 6. The predicted molar refractivity (Wildman–Crippen MR) is 112 cm³/mol. The minimum atomic E-state index is -0.443. The Bertz CT molecular complexity index is 826. The van der Waals surface area contributed by atoms with Gasteiger partial charge in [-0.25, -0.2) is 0 Å². The van der Waals surface area contributed by atoms with Crippen molar-refractivity contribution in [3.05, 3.63) is 65.7 Å². The number of aliphatic hydroxyl groups excluding tert-OH is 1. The maximum absolute atomic E-state index is 11.4. The molecule has 5 nitrogen and oxygen atoms in total. The number of amides is 1. The Hall–Kier alpha value is -2.37. The summed E-state index contributed by atoms with van der Waals surface area (Å²) >= 11 is 0. The minimum Gasteiger partial charge on any atom is -0.489 e. The molecule has 2 aromatic rings. The number of para-hydroxylation sites is 1. The normalized spacial score (nSPS) is 26.7. The molecule has 1 saturated carbocycles. The van der Waals surface area contributed by atoms with Crippen molar-refractivity contribution in [1.82, 2.24) is 10.2 Å². The summed E-state index contributed by atoms with van der Waals surface area (Å²) in [5.74, 6) is 1.88. The van der Waals surface area contributed by atoms with Crippen molar-refractivity contribution in [2.75, 3.05) is 13.1 Å². The van der Waals surface area contributed by atoms with E-state index in [0.29, 0.717) is 18.4 Å². The molecule has 0 spiro atoms. The number of fused-ring (bicyclic) bond motifs is 1. The van der Waals surface area contributed by atoms with Crippen molar-refractivity contribution in [1.29, 1.82) is 0 Å². The number of benzene rings is 2. The second-order valence-corrected chi connectivity index (χ2v) is 8.44. The number of hydrogen-bond donors (Lipinski definition) is 2. The molecular weight excluding hydrogens is 364 g/mol. The monoisotopic (exact) mass is 394 g/mol. The number of ether oxygens (including phenoxy) is 1. The largest absolute Gasteiger partial charge is 0.489 e. The van der Waals surface area contributed by atoms with Crippen molar-refractivity contribution in [2.45, 2.75) is 45.1 Å². The van der Waals surface area contributed by atoms with Gasteiger partial charge >= 0.3 is 0 Å². The van der Waals surface area contributed by atoms with Crippen LogP contribution in [0, 0.1) is 11.8 Å². The van der Waals surface area contributed by atoms with Gasteiger partial charge in [0.05, 0.1) is 12.1 Å². The molecule has 1 aliphatic carbocycles. The fraction of sp³-hybridized carbons (Fsp3) is 0.458. The first-order valence-corrected chi connectivity index (χ1v) is 10.5. The highest BCUT2D eigenvalue weighted by Gasteiger charge is 2.41. The summed E-state index contributed by atoms with van der Waals surface area (Å²) in [6, 6.07) is 18.3. The van der Waals surface area contributed by atoms with Crippen molar-refractivity contribution in [2.24, 2.45) is 11.8 Å². The Kier molecular flexibility index (Phi) is 6.16. The van der Waals surface area contributed by atoms with E-state index in [-0.39, 0.29) is 11.9 Å². The van der Waals surface area contributed by atoms with Crippen LogP contribution in [-0.4, -0.2) is 41.1 Å². The van der Waals surface area contributed by atoms with Crippen LogP contribution in [0.4, 0.5) is 0 Å². The molecular formula is C24H30N2O3. The molecule has 1 aliphatic heterocycles. The summed E-state index contributed by atoms with van der Waals surface area (Å²) in [5, 5.41) is 13.3. The fourth-order valence-electron chi connectivity index (χ4n) is 4.82. The first-order valence-electron chi connectivity index (χ1n) is 10.5. The predicted octanol–water partition coefficient (Wildman–Crippen LogP) is 2.97. The molecule has 0 bridgehead atoms. The van der Waals surface area contributed by atoms with Gasteiger partial charge in [0.25, 0.3) is 0 Å². The highest BCUT2D eigenvalue weighted by Crippen LogP contribution is 2.37. The number of likely N-dealkylation sites (tertiary alicyclic amines) is 1. The van der Waals surface area contributed by atoms with Crippen molar-refractivity contribution >= 4 is 5.91 Å². The highest BCUT2D eigenvalue weighted by atomic mass is 16.5. The van der Waals surface area contributed by atoms with E-state index in [0.717, 1.165) is 43.8 Å². The van der Waals surface area contributed by atoms with Crippen molar-refractivity contribution in [3.63, 3.8) is 0 Å². The summed E-state index contributed by atoms with van der Waals surface area (Å²) in [6.07, 6.45) is 1.17. The lowest BCUT2D eigenvalue weighted by atomic mass is 9.77. The summed E-state index contributed by atoms with van der Waals surface area (Å²) < 4.78 is 6.12. The van der Waals surface area contributed by atoms with Gasteiger partial charge in [-0.3, -0.25) is 9.69 Å². The Morgan fingerprint density at radius 3 is 2.52 bits per heavy atom. The molecule has 5 heteroatoms. The zero-order valence-corrected chi connectivity index (χ0v) is 17.0. The first kappa shape index (κ1) is 19.9. The summed E-state index contributed by atoms with van der Waals surface area (Å²) in [5.41, 5.74) is 2.36. The van der Waals surface area contributed by atoms with Crippen LogP contribution in [0.25, 0.3) is 0 Å². The Balaban J connectivity index is 1.37. The second-order valence-electron chi connectivity index (χ2n) is 8.44. The minimum absolute atomic E-state index is 0.0631. The lowest BCUT2D eigenvalue weighted by Crippen LogP contribution is -2.48. The van der Waals surface area contributed by atoms with E-state index in [2.05, 4.69) is 34.5 Å². The fourth-order valence-corrected chi connectivity index (χ4v) is 4.82. The number of carbonyl (C=O) groups excluding carboxylic acids is 1. The van der Waals surface area contributed by atoms with Gasteiger partial charge < -0.3 is 15.2 Å². The van der Waals surface area contributed by atoms with E-state index in [4.69, 9.17) is 4.74 Å². The number of nitrogens with one attached hydrogen (secondary N) is 1. The number of hydrogen-bond acceptors (Lipinski definition) is 4. The lowest BCUT2D eigenvalue weighted by Gasteiger charge is -2.35. The molecule has 1 amide bonds. The average Bonchev–Trinajstić information content (AvgIpc) is 3.09. The summed E-state index contributed by atoms with van der Waals surface area (Å²) in [6.45, 7) is 4.92. The molecule has 2 N–H and O–H groups in total. The zero-order valence-electron chi connectivity index (χ0n) is 17.0. The third-order valence-corrected chi connectivity index (χ3v) is 6.21. The summed E-state index contributed by atoms with van der Waals surface area (Å²) in [4.78, 5) is 13.9. The quantitative estimate of drug-likeness (QED) is 0.791. The van der Waals surface area contributed by atoms with Crippen molar-refractivity contribution < 1.29 is 14.6 Å². The number of carbonyl (C=O) groups is 1. The number of nitrogens with zero attached hydrogens (tertiary/aromatic N) is 1. The smallest absolute Gasteiger partial charge is 0.217 e. The molecule has 2 fully saturated rings. The van der Waals surface area contributed by atoms with Gasteiger partial charge in [-0.1, -0.05) is 48.5 Å². The van der Waals surface area contributed by atoms with Gasteiger partial charge in [0.15, 0.2) is 0 Å².